The standard InChI is InChI=1S/C6H9NO.ClH.H3N/c1-2-7-5-3-4-6(7)8;;/h2H,1,3-5H2;1H;1H3. The van der Waals surface area contributed by atoms with Crippen LogP contribution in [0.1, 0.15) is 12.8 Å². The van der Waals surface area contributed by atoms with Crippen molar-refractivity contribution in [3.05, 3.63) is 12.8 Å². The first kappa shape index (κ1) is 12.2. The van der Waals surface area contributed by atoms with Gasteiger partial charge in [-0.2, -0.15) is 0 Å². The van der Waals surface area contributed by atoms with Gasteiger partial charge >= 0.3 is 0 Å². The quantitative estimate of drug-likeness (QED) is 0.636. The van der Waals surface area contributed by atoms with Crippen molar-refractivity contribution < 1.29 is 4.79 Å². The number of hydrogen-bond donors (Lipinski definition) is 1. The molecule has 0 saturated carbocycles. The van der Waals surface area contributed by atoms with Crippen molar-refractivity contribution in [1.82, 2.24) is 11.1 Å². The first-order valence-corrected chi connectivity index (χ1v) is 2.76. The van der Waals surface area contributed by atoms with Gasteiger partial charge in [0, 0.05) is 13.0 Å². The van der Waals surface area contributed by atoms with Gasteiger partial charge in [0.1, 0.15) is 0 Å². The predicted molar refractivity (Wildman–Crippen MR) is 43.4 cm³/mol. The maximum Gasteiger partial charge on any atom is 0.226 e. The fraction of sp³-hybridized carbons (Fsp3) is 0.500. The first-order valence-electron chi connectivity index (χ1n) is 2.76. The molecule has 1 saturated heterocycles. The van der Waals surface area contributed by atoms with Gasteiger partial charge in [0.2, 0.25) is 5.91 Å². The number of nitrogens with zero attached hydrogens (tertiary/aromatic N) is 1. The van der Waals surface area contributed by atoms with Gasteiger partial charge in [-0.15, -0.1) is 12.4 Å². The summed E-state index contributed by atoms with van der Waals surface area (Å²) in [6, 6.07) is 0. The summed E-state index contributed by atoms with van der Waals surface area (Å²) in [7, 11) is 0. The van der Waals surface area contributed by atoms with Crippen molar-refractivity contribution in [2.24, 2.45) is 0 Å². The third-order valence-electron chi connectivity index (χ3n) is 1.33. The molecule has 1 aliphatic heterocycles. The summed E-state index contributed by atoms with van der Waals surface area (Å²) in [6.07, 6.45) is 3.28. The number of hydrogen-bond acceptors (Lipinski definition) is 2. The average Bonchev–Trinajstić information content (AvgIpc) is 2.14. The smallest absolute Gasteiger partial charge is 0.226 e. The number of amides is 1. The maximum absolute atomic E-state index is 10.7. The molecule has 0 aromatic carbocycles. The van der Waals surface area contributed by atoms with Crippen LogP contribution in [0.2, 0.25) is 0 Å². The Bertz CT molecular complexity index is 127. The van der Waals surface area contributed by atoms with Crippen LogP contribution in [0.25, 0.3) is 0 Å². The number of likely N-dealkylation sites (tertiary alicyclic amines) is 1. The van der Waals surface area contributed by atoms with Crippen molar-refractivity contribution in [3.63, 3.8) is 0 Å². The Balaban J connectivity index is 0. The number of rotatable bonds is 1. The van der Waals surface area contributed by atoms with Crippen LogP contribution in [0.15, 0.2) is 12.8 Å². The topological polar surface area (TPSA) is 55.3 Å². The van der Waals surface area contributed by atoms with E-state index in [1.54, 1.807) is 11.1 Å². The van der Waals surface area contributed by atoms with Crippen LogP contribution in [-0.4, -0.2) is 17.4 Å². The summed E-state index contributed by atoms with van der Waals surface area (Å²) >= 11 is 0. The Morgan fingerprint density at radius 3 is 2.40 bits per heavy atom. The third kappa shape index (κ3) is 2.37. The molecule has 1 fully saturated rings. The highest BCUT2D eigenvalue weighted by Gasteiger charge is 2.15. The van der Waals surface area contributed by atoms with E-state index >= 15 is 0 Å². The van der Waals surface area contributed by atoms with E-state index in [1.165, 1.54) is 0 Å². The van der Waals surface area contributed by atoms with Gasteiger partial charge in [-0.3, -0.25) is 4.79 Å². The van der Waals surface area contributed by atoms with E-state index in [4.69, 9.17) is 0 Å². The molecule has 0 atom stereocenters. The Morgan fingerprint density at radius 1 is 1.60 bits per heavy atom. The predicted octanol–water partition coefficient (Wildman–Crippen LogP) is 1.34. The van der Waals surface area contributed by atoms with Crippen LogP contribution < -0.4 is 6.15 Å². The molecule has 4 heteroatoms. The van der Waals surface area contributed by atoms with Crippen molar-refractivity contribution >= 4 is 18.3 Å². The highest BCUT2D eigenvalue weighted by Crippen LogP contribution is 2.08. The highest BCUT2D eigenvalue weighted by atomic mass is 35.5. The van der Waals surface area contributed by atoms with Crippen LogP contribution in [0.3, 0.4) is 0 Å². The monoisotopic (exact) mass is 164 g/mol. The minimum atomic E-state index is 0. The van der Waals surface area contributed by atoms with Crippen LogP contribution in [-0.2, 0) is 4.79 Å². The molecule has 3 nitrogen and oxygen atoms in total. The van der Waals surface area contributed by atoms with E-state index in [1.807, 2.05) is 0 Å². The Morgan fingerprint density at radius 2 is 2.20 bits per heavy atom. The molecule has 1 amide bonds. The van der Waals surface area contributed by atoms with E-state index in [9.17, 15) is 4.79 Å². The lowest BCUT2D eigenvalue weighted by molar-refractivity contribution is -0.125. The zero-order valence-electron chi connectivity index (χ0n) is 5.88. The van der Waals surface area contributed by atoms with Gasteiger partial charge in [0.15, 0.2) is 0 Å². The molecular weight excluding hydrogens is 152 g/mol. The highest BCUT2D eigenvalue weighted by molar-refractivity contribution is 5.85. The summed E-state index contributed by atoms with van der Waals surface area (Å²) < 4.78 is 0. The molecule has 0 aromatic heterocycles. The van der Waals surface area contributed by atoms with Gasteiger partial charge in [-0.1, -0.05) is 6.58 Å². The van der Waals surface area contributed by atoms with E-state index in [-0.39, 0.29) is 24.5 Å². The second kappa shape index (κ2) is 5.26. The number of halogens is 1. The molecule has 0 bridgehead atoms. The summed E-state index contributed by atoms with van der Waals surface area (Å²) in [5, 5.41) is 0. The summed E-state index contributed by atoms with van der Waals surface area (Å²) in [5.41, 5.74) is 0. The Hall–Kier alpha value is -0.540. The van der Waals surface area contributed by atoms with Gasteiger partial charge in [0.05, 0.1) is 0 Å². The largest absolute Gasteiger partial charge is 0.344 e. The molecular formula is C6H13ClN2O. The van der Waals surface area contributed by atoms with Gasteiger partial charge in [-0.05, 0) is 12.6 Å². The Kier molecular flexibility index (Phi) is 6.40. The molecule has 0 radical (unpaired) electrons. The lowest BCUT2D eigenvalue weighted by atomic mass is 10.4. The molecule has 10 heavy (non-hydrogen) atoms. The molecule has 0 unspecified atom stereocenters. The van der Waals surface area contributed by atoms with E-state index < -0.39 is 0 Å². The van der Waals surface area contributed by atoms with Crippen LogP contribution in [0.5, 0.6) is 0 Å². The molecule has 1 rings (SSSR count). The van der Waals surface area contributed by atoms with Gasteiger partial charge in [-0.25, -0.2) is 0 Å². The molecule has 0 spiro atoms. The van der Waals surface area contributed by atoms with Crippen molar-refractivity contribution in [3.8, 4) is 0 Å². The summed E-state index contributed by atoms with van der Waals surface area (Å²) in [4.78, 5) is 12.3. The first-order chi connectivity index (χ1) is 3.84. The normalized spacial score (nSPS) is 15.6. The summed E-state index contributed by atoms with van der Waals surface area (Å²) in [5.74, 6) is 0.208. The molecule has 1 aliphatic rings. The average molecular weight is 165 g/mol. The van der Waals surface area contributed by atoms with Crippen molar-refractivity contribution in [2.75, 3.05) is 6.54 Å². The fourth-order valence-electron chi connectivity index (χ4n) is 0.862. The van der Waals surface area contributed by atoms with E-state index in [0.29, 0.717) is 6.42 Å². The zero-order chi connectivity index (χ0) is 5.98. The van der Waals surface area contributed by atoms with Crippen LogP contribution in [0.4, 0.5) is 0 Å². The van der Waals surface area contributed by atoms with Crippen molar-refractivity contribution in [1.29, 1.82) is 0 Å². The number of carbonyl (C=O) groups excluding carboxylic acids is 1. The molecule has 60 valence electrons. The Labute approximate surface area is 67.1 Å². The number of carbonyl (C=O) groups is 1. The lowest BCUT2D eigenvalue weighted by Crippen LogP contribution is -2.16. The van der Waals surface area contributed by atoms with Crippen molar-refractivity contribution in [2.45, 2.75) is 12.8 Å². The zero-order valence-corrected chi connectivity index (χ0v) is 6.69. The fourth-order valence-corrected chi connectivity index (χ4v) is 0.862. The maximum atomic E-state index is 10.7. The van der Waals surface area contributed by atoms with Gasteiger partial charge < -0.3 is 11.1 Å². The van der Waals surface area contributed by atoms with E-state index in [2.05, 4.69) is 6.58 Å². The van der Waals surface area contributed by atoms with Crippen LogP contribution >= 0.6 is 12.4 Å². The molecule has 0 aromatic rings. The second-order valence-corrected chi connectivity index (χ2v) is 1.87. The molecule has 3 N–H and O–H groups in total. The van der Waals surface area contributed by atoms with Gasteiger partial charge in [0.25, 0.3) is 0 Å². The SMILES string of the molecule is C=CN1CCCC1=O.Cl.N. The minimum Gasteiger partial charge on any atom is -0.344 e. The van der Waals surface area contributed by atoms with E-state index in [0.717, 1.165) is 13.0 Å². The third-order valence-corrected chi connectivity index (χ3v) is 1.33. The minimum absolute atomic E-state index is 0. The molecule has 1 heterocycles. The molecule has 0 aliphatic carbocycles. The van der Waals surface area contributed by atoms with Crippen LogP contribution in [0, 0.1) is 0 Å². The lowest BCUT2D eigenvalue weighted by Gasteiger charge is -2.05. The summed E-state index contributed by atoms with van der Waals surface area (Å²) in [6.45, 7) is 4.36. The second-order valence-electron chi connectivity index (χ2n) is 1.87.